The summed E-state index contributed by atoms with van der Waals surface area (Å²) in [5.74, 6) is -0.417. The molecule has 1 aromatic rings. The fraction of sp³-hybridized carbons (Fsp3) is 0.462. The maximum atomic E-state index is 11.8. The van der Waals surface area contributed by atoms with Gasteiger partial charge in [0.1, 0.15) is 6.04 Å². The number of hydrogen-bond donors (Lipinski definition) is 3. The summed E-state index contributed by atoms with van der Waals surface area (Å²) in [6, 6.07) is 0.956. The fourth-order valence-electron chi connectivity index (χ4n) is 1.55. The summed E-state index contributed by atoms with van der Waals surface area (Å²) in [4.78, 5) is 27.3. The molecular formula is C13H20N4O3. The summed E-state index contributed by atoms with van der Waals surface area (Å²) in [7, 11) is 1.27. The van der Waals surface area contributed by atoms with Gasteiger partial charge >= 0.3 is 5.97 Å². The maximum absolute atomic E-state index is 11.8. The van der Waals surface area contributed by atoms with Crippen molar-refractivity contribution in [3.63, 3.8) is 0 Å². The van der Waals surface area contributed by atoms with E-state index < -0.39 is 12.0 Å². The Hall–Kier alpha value is -2.31. The molecule has 0 spiro atoms. The summed E-state index contributed by atoms with van der Waals surface area (Å²) in [5.41, 5.74) is 6.23. The third kappa shape index (κ3) is 3.84. The number of nitrogens with two attached hydrogens (primary N) is 1. The van der Waals surface area contributed by atoms with E-state index in [9.17, 15) is 9.59 Å². The van der Waals surface area contributed by atoms with E-state index in [1.807, 2.05) is 6.92 Å². The lowest BCUT2D eigenvalue weighted by Gasteiger charge is -2.16. The number of ether oxygens (including phenoxy) is 1. The van der Waals surface area contributed by atoms with Crippen molar-refractivity contribution < 1.29 is 14.3 Å². The van der Waals surface area contributed by atoms with E-state index in [1.54, 1.807) is 6.92 Å². The van der Waals surface area contributed by atoms with Gasteiger partial charge in [-0.1, -0.05) is 6.92 Å². The number of aromatic nitrogens is 1. The molecule has 110 valence electrons. The second-order valence-electron chi connectivity index (χ2n) is 4.27. The van der Waals surface area contributed by atoms with Crippen molar-refractivity contribution in [1.29, 1.82) is 0 Å². The van der Waals surface area contributed by atoms with Crippen molar-refractivity contribution in [2.75, 3.05) is 24.7 Å². The van der Waals surface area contributed by atoms with Gasteiger partial charge in [0.15, 0.2) is 5.82 Å². The van der Waals surface area contributed by atoms with Crippen LogP contribution < -0.4 is 16.4 Å². The number of nitrogens with zero attached hydrogens (tertiary/aromatic N) is 1. The van der Waals surface area contributed by atoms with Crippen molar-refractivity contribution in [2.24, 2.45) is 0 Å². The predicted molar refractivity (Wildman–Crippen MR) is 76.4 cm³/mol. The van der Waals surface area contributed by atoms with Crippen LogP contribution >= 0.6 is 0 Å². The van der Waals surface area contributed by atoms with Gasteiger partial charge < -0.3 is 21.1 Å². The minimum Gasteiger partial charge on any atom is -0.465 e. The van der Waals surface area contributed by atoms with Gasteiger partial charge in [-0.15, -0.1) is 0 Å². The lowest BCUT2D eigenvalue weighted by atomic mass is 10.2. The Morgan fingerprint density at radius 1 is 1.50 bits per heavy atom. The zero-order chi connectivity index (χ0) is 15.1. The van der Waals surface area contributed by atoms with Gasteiger partial charge in [0, 0.05) is 12.7 Å². The Morgan fingerprint density at radius 2 is 2.20 bits per heavy atom. The molecule has 1 unspecified atom stereocenters. The molecule has 1 aromatic heterocycles. The third-order valence-corrected chi connectivity index (χ3v) is 2.69. The minimum atomic E-state index is -0.545. The standard InChI is InChI=1S/C13H20N4O3/c1-4-6-16-12(18)8(2)17-11-10(14)9(5-7-15-11)13(19)20-3/h5,7-8H,4,6,14H2,1-3H3,(H,15,17)(H,16,18). The number of rotatable bonds is 6. The van der Waals surface area contributed by atoms with Crippen LogP contribution in [0.15, 0.2) is 12.3 Å². The summed E-state index contributed by atoms with van der Waals surface area (Å²) in [5, 5.41) is 5.64. The van der Waals surface area contributed by atoms with Gasteiger partial charge in [-0.3, -0.25) is 4.79 Å². The van der Waals surface area contributed by atoms with Crippen LogP contribution in [0.4, 0.5) is 11.5 Å². The second-order valence-corrected chi connectivity index (χ2v) is 4.27. The van der Waals surface area contributed by atoms with E-state index >= 15 is 0 Å². The summed E-state index contributed by atoms with van der Waals surface area (Å²) < 4.78 is 4.62. The Bertz CT molecular complexity index is 491. The fourth-order valence-corrected chi connectivity index (χ4v) is 1.55. The smallest absolute Gasteiger partial charge is 0.340 e. The molecular weight excluding hydrogens is 260 g/mol. The van der Waals surface area contributed by atoms with Crippen molar-refractivity contribution >= 4 is 23.4 Å². The SMILES string of the molecule is CCCNC(=O)C(C)Nc1nccc(C(=O)OC)c1N. The van der Waals surface area contributed by atoms with Crippen molar-refractivity contribution in [3.8, 4) is 0 Å². The topological polar surface area (TPSA) is 106 Å². The molecule has 1 amide bonds. The number of anilines is 2. The molecule has 7 heteroatoms. The first-order chi connectivity index (χ1) is 9.51. The van der Waals surface area contributed by atoms with E-state index in [-0.39, 0.29) is 23.0 Å². The van der Waals surface area contributed by atoms with Crippen LogP contribution in [-0.4, -0.2) is 36.6 Å². The van der Waals surface area contributed by atoms with Gasteiger partial charge in [-0.2, -0.15) is 0 Å². The highest BCUT2D eigenvalue weighted by Crippen LogP contribution is 2.21. The lowest BCUT2D eigenvalue weighted by Crippen LogP contribution is -2.38. The number of methoxy groups -OCH3 is 1. The van der Waals surface area contributed by atoms with Crippen molar-refractivity contribution in [1.82, 2.24) is 10.3 Å². The number of nitrogen functional groups attached to an aromatic ring is 1. The number of carbonyl (C=O) groups excluding carboxylic acids is 2. The molecule has 0 aliphatic rings. The molecule has 20 heavy (non-hydrogen) atoms. The first kappa shape index (κ1) is 15.7. The van der Waals surface area contributed by atoms with E-state index in [2.05, 4.69) is 20.4 Å². The van der Waals surface area contributed by atoms with Gasteiger partial charge in [0.2, 0.25) is 5.91 Å². The highest BCUT2D eigenvalue weighted by atomic mass is 16.5. The monoisotopic (exact) mass is 280 g/mol. The molecule has 0 aromatic carbocycles. The van der Waals surface area contributed by atoms with E-state index in [0.717, 1.165) is 6.42 Å². The number of esters is 1. The molecule has 1 rings (SSSR count). The average Bonchev–Trinajstić information content (AvgIpc) is 2.45. The largest absolute Gasteiger partial charge is 0.465 e. The normalized spacial score (nSPS) is 11.6. The number of pyridine rings is 1. The molecule has 4 N–H and O–H groups in total. The van der Waals surface area contributed by atoms with Gasteiger partial charge in [0.05, 0.1) is 18.4 Å². The number of carbonyl (C=O) groups is 2. The van der Waals surface area contributed by atoms with Crippen LogP contribution in [0.25, 0.3) is 0 Å². The molecule has 0 aliphatic heterocycles. The lowest BCUT2D eigenvalue weighted by molar-refractivity contribution is -0.121. The molecule has 7 nitrogen and oxygen atoms in total. The summed E-state index contributed by atoms with van der Waals surface area (Å²) >= 11 is 0. The van der Waals surface area contributed by atoms with Crippen LogP contribution in [-0.2, 0) is 9.53 Å². The Kier molecular flexibility index (Phi) is 5.76. The molecule has 0 aliphatic carbocycles. The predicted octanol–water partition coefficient (Wildman–Crippen LogP) is 0.777. The second kappa shape index (κ2) is 7.32. The molecule has 0 saturated carbocycles. The van der Waals surface area contributed by atoms with Gasteiger partial charge in [-0.25, -0.2) is 9.78 Å². The highest BCUT2D eigenvalue weighted by molar-refractivity contribution is 5.98. The first-order valence-corrected chi connectivity index (χ1v) is 6.38. The van der Waals surface area contributed by atoms with Crippen LogP contribution in [0.3, 0.4) is 0 Å². The molecule has 0 bridgehead atoms. The molecule has 1 heterocycles. The maximum Gasteiger partial charge on any atom is 0.340 e. The van der Waals surface area contributed by atoms with Crippen LogP contribution in [0.2, 0.25) is 0 Å². The minimum absolute atomic E-state index is 0.156. The number of amides is 1. The molecule has 1 atom stereocenters. The average molecular weight is 280 g/mol. The Labute approximate surface area is 117 Å². The van der Waals surface area contributed by atoms with Crippen molar-refractivity contribution in [3.05, 3.63) is 17.8 Å². The molecule has 0 saturated heterocycles. The van der Waals surface area contributed by atoms with E-state index in [1.165, 1.54) is 19.4 Å². The van der Waals surface area contributed by atoms with Gasteiger partial charge in [-0.05, 0) is 19.4 Å². The Balaban J connectivity index is 2.82. The highest BCUT2D eigenvalue weighted by Gasteiger charge is 2.17. The molecule has 0 radical (unpaired) electrons. The zero-order valence-corrected chi connectivity index (χ0v) is 11.9. The number of nitrogens with one attached hydrogen (secondary N) is 2. The first-order valence-electron chi connectivity index (χ1n) is 6.38. The zero-order valence-electron chi connectivity index (χ0n) is 11.9. The van der Waals surface area contributed by atoms with E-state index in [4.69, 9.17) is 5.73 Å². The van der Waals surface area contributed by atoms with E-state index in [0.29, 0.717) is 6.54 Å². The number of hydrogen-bond acceptors (Lipinski definition) is 6. The molecule has 0 fully saturated rings. The quantitative estimate of drug-likeness (QED) is 0.665. The summed E-state index contributed by atoms with van der Waals surface area (Å²) in [6.07, 6.45) is 2.29. The summed E-state index contributed by atoms with van der Waals surface area (Å²) in [6.45, 7) is 4.27. The van der Waals surface area contributed by atoms with Gasteiger partial charge in [0.25, 0.3) is 0 Å². The van der Waals surface area contributed by atoms with Crippen molar-refractivity contribution in [2.45, 2.75) is 26.3 Å². The Morgan fingerprint density at radius 3 is 2.80 bits per heavy atom. The van der Waals surface area contributed by atoms with Crippen LogP contribution in [0, 0.1) is 0 Å². The van der Waals surface area contributed by atoms with Crippen LogP contribution in [0.1, 0.15) is 30.6 Å². The third-order valence-electron chi connectivity index (χ3n) is 2.69. The van der Waals surface area contributed by atoms with Crippen LogP contribution in [0.5, 0.6) is 0 Å².